The van der Waals surface area contributed by atoms with Gasteiger partial charge in [0, 0.05) is 24.7 Å². The first kappa shape index (κ1) is 17.6. The number of nitrogens with two attached hydrogens (primary N) is 1. The Bertz CT molecular complexity index is 479. The Morgan fingerprint density at radius 1 is 1.29 bits per heavy atom. The van der Waals surface area contributed by atoms with Crippen molar-refractivity contribution in [3.63, 3.8) is 0 Å². The van der Waals surface area contributed by atoms with Crippen molar-refractivity contribution in [3.8, 4) is 5.75 Å². The molecule has 1 fully saturated rings. The minimum Gasteiger partial charge on any atom is -0.406 e. The lowest BCUT2D eigenvalue weighted by molar-refractivity contribution is -0.274. The lowest BCUT2D eigenvalue weighted by Gasteiger charge is -2.30. The number of rotatable bonds is 2. The molecule has 1 aromatic carbocycles. The number of ether oxygens (including phenoxy) is 1. The number of carbonyl (C=O) groups excluding carboxylic acids is 1. The summed E-state index contributed by atoms with van der Waals surface area (Å²) >= 11 is 0. The molecule has 0 aliphatic carbocycles. The van der Waals surface area contributed by atoms with E-state index in [1.54, 1.807) is 4.90 Å². The molecule has 0 spiro atoms. The van der Waals surface area contributed by atoms with Crippen molar-refractivity contribution in [2.75, 3.05) is 13.1 Å². The van der Waals surface area contributed by atoms with Gasteiger partial charge >= 0.3 is 6.36 Å². The number of carbonyl (C=O) groups is 1. The molecule has 0 unspecified atom stereocenters. The average Bonchev–Trinajstić information content (AvgIpc) is 2.37. The van der Waals surface area contributed by atoms with Crippen molar-refractivity contribution in [2.24, 2.45) is 5.73 Å². The largest absolute Gasteiger partial charge is 0.573 e. The predicted molar refractivity (Wildman–Crippen MR) is 73.5 cm³/mol. The third-order valence-corrected chi connectivity index (χ3v) is 3.08. The highest BCUT2D eigenvalue weighted by atomic mass is 35.5. The number of benzene rings is 1. The van der Waals surface area contributed by atoms with Gasteiger partial charge in [-0.1, -0.05) is 0 Å². The molecule has 1 heterocycles. The Labute approximate surface area is 126 Å². The lowest BCUT2D eigenvalue weighted by Crippen LogP contribution is -2.45. The summed E-state index contributed by atoms with van der Waals surface area (Å²) in [4.78, 5) is 13.8. The zero-order valence-corrected chi connectivity index (χ0v) is 11.9. The Balaban J connectivity index is 0.00000220. The Hall–Kier alpha value is -1.47. The number of nitrogens with zero attached hydrogens (tertiary/aromatic N) is 1. The van der Waals surface area contributed by atoms with Crippen LogP contribution in [-0.2, 0) is 0 Å². The van der Waals surface area contributed by atoms with E-state index in [0.29, 0.717) is 18.7 Å². The molecule has 1 aliphatic rings. The van der Waals surface area contributed by atoms with Crippen LogP contribution in [0.5, 0.6) is 5.75 Å². The first-order chi connectivity index (χ1) is 9.35. The molecular formula is C13H16ClF3N2O2. The molecule has 21 heavy (non-hydrogen) atoms. The highest BCUT2D eigenvalue weighted by molar-refractivity contribution is 5.94. The van der Waals surface area contributed by atoms with E-state index < -0.39 is 6.36 Å². The molecule has 1 atom stereocenters. The van der Waals surface area contributed by atoms with Crippen LogP contribution in [0, 0.1) is 0 Å². The van der Waals surface area contributed by atoms with Gasteiger partial charge < -0.3 is 15.4 Å². The highest BCUT2D eigenvalue weighted by Crippen LogP contribution is 2.23. The van der Waals surface area contributed by atoms with Crippen LogP contribution in [0.3, 0.4) is 0 Å². The van der Waals surface area contributed by atoms with Crippen LogP contribution in [0.25, 0.3) is 0 Å². The molecule has 0 aromatic heterocycles. The number of alkyl halides is 3. The molecule has 0 saturated carbocycles. The molecule has 0 bridgehead atoms. The van der Waals surface area contributed by atoms with E-state index in [2.05, 4.69) is 4.74 Å². The molecular weight excluding hydrogens is 309 g/mol. The summed E-state index contributed by atoms with van der Waals surface area (Å²) in [5, 5.41) is 0. The van der Waals surface area contributed by atoms with Crippen molar-refractivity contribution < 1.29 is 22.7 Å². The quantitative estimate of drug-likeness (QED) is 0.909. The number of piperidine rings is 1. The fourth-order valence-electron chi connectivity index (χ4n) is 2.18. The van der Waals surface area contributed by atoms with E-state index in [4.69, 9.17) is 5.73 Å². The topological polar surface area (TPSA) is 55.6 Å². The zero-order valence-electron chi connectivity index (χ0n) is 11.1. The van der Waals surface area contributed by atoms with Crippen LogP contribution in [0.15, 0.2) is 24.3 Å². The van der Waals surface area contributed by atoms with Gasteiger partial charge in [0.25, 0.3) is 5.91 Å². The summed E-state index contributed by atoms with van der Waals surface area (Å²) in [5.41, 5.74) is 6.12. The second kappa shape index (κ2) is 7.00. The van der Waals surface area contributed by atoms with Gasteiger partial charge in [-0.2, -0.15) is 0 Å². The summed E-state index contributed by atoms with van der Waals surface area (Å²) in [5.74, 6) is -0.567. The maximum absolute atomic E-state index is 12.1. The third kappa shape index (κ3) is 5.09. The van der Waals surface area contributed by atoms with Gasteiger partial charge in [-0.05, 0) is 37.1 Å². The fraction of sp³-hybridized carbons (Fsp3) is 0.462. The SMILES string of the molecule is Cl.N[C@@H]1CCCN(C(=O)c2ccc(OC(F)(F)F)cc2)C1. The first-order valence-electron chi connectivity index (χ1n) is 6.26. The van der Waals surface area contributed by atoms with Crippen LogP contribution in [0.2, 0.25) is 0 Å². The summed E-state index contributed by atoms with van der Waals surface area (Å²) in [7, 11) is 0. The molecule has 0 radical (unpaired) electrons. The minimum atomic E-state index is -4.73. The molecule has 1 aliphatic heterocycles. The number of likely N-dealkylation sites (tertiary alicyclic amines) is 1. The van der Waals surface area contributed by atoms with Gasteiger partial charge in [0.15, 0.2) is 0 Å². The molecule has 2 N–H and O–H groups in total. The summed E-state index contributed by atoms with van der Waals surface area (Å²) in [6.45, 7) is 1.09. The second-order valence-electron chi connectivity index (χ2n) is 4.73. The van der Waals surface area contributed by atoms with Gasteiger partial charge in [-0.25, -0.2) is 0 Å². The first-order valence-corrected chi connectivity index (χ1v) is 6.26. The molecule has 2 rings (SSSR count). The Morgan fingerprint density at radius 2 is 1.90 bits per heavy atom. The molecule has 8 heteroatoms. The normalized spacial score (nSPS) is 18.9. The predicted octanol–water partition coefficient (Wildman–Crippen LogP) is 2.57. The number of hydrogen-bond donors (Lipinski definition) is 1. The third-order valence-electron chi connectivity index (χ3n) is 3.08. The van der Waals surface area contributed by atoms with E-state index >= 15 is 0 Å². The van der Waals surface area contributed by atoms with Crippen LogP contribution in [-0.4, -0.2) is 36.3 Å². The number of hydrogen-bond acceptors (Lipinski definition) is 3. The summed E-state index contributed by atoms with van der Waals surface area (Å²) < 4.78 is 39.8. The number of halogens is 4. The smallest absolute Gasteiger partial charge is 0.406 e. The molecule has 1 aromatic rings. The van der Waals surface area contributed by atoms with E-state index in [1.165, 1.54) is 12.1 Å². The molecule has 118 valence electrons. The van der Waals surface area contributed by atoms with Gasteiger partial charge in [-0.15, -0.1) is 25.6 Å². The second-order valence-corrected chi connectivity index (χ2v) is 4.73. The molecule has 1 saturated heterocycles. The lowest BCUT2D eigenvalue weighted by atomic mass is 10.1. The van der Waals surface area contributed by atoms with Crippen molar-refractivity contribution in [2.45, 2.75) is 25.2 Å². The standard InChI is InChI=1S/C13H15F3N2O2.ClH/c14-13(15,16)20-11-5-3-9(4-6-11)12(19)18-7-1-2-10(17)8-18;/h3-6,10H,1-2,7-8,17H2;1H/t10-;/m1./s1. The van der Waals surface area contributed by atoms with Gasteiger partial charge in [0.2, 0.25) is 0 Å². The monoisotopic (exact) mass is 324 g/mol. The fourth-order valence-corrected chi connectivity index (χ4v) is 2.18. The highest BCUT2D eigenvalue weighted by Gasteiger charge is 2.31. The molecule has 4 nitrogen and oxygen atoms in total. The van der Waals surface area contributed by atoms with Gasteiger partial charge in [0.1, 0.15) is 5.75 Å². The van der Waals surface area contributed by atoms with Gasteiger partial charge in [-0.3, -0.25) is 4.79 Å². The van der Waals surface area contributed by atoms with Crippen molar-refractivity contribution >= 4 is 18.3 Å². The number of amides is 1. The van der Waals surface area contributed by atoms with Crippen LogP contribution in [0.4, 0.5) is 13.2 Å². The minimum absolute atomic E-state index is 0. The van der Waals surface area contributed by atoms with E-state index in [9.17, 15) is 18.0 Å². The Morgan fingerprint density at radius 3 is 2.43 bits per heavy atom. The van der Waals surface area contributed by atoms with Crippen molar-refractivity contribution in [3.05, 3.63) is 29.8 Å². The van der Waals surface area contributed by atoms with Crippen molar-refractivity contribution in [1.29, 1.82) is 0 Å². The van der Waals surface area contributed by atoms with Crippen LogP contribution >= 0.6 is 12.4 Å². The van der Waals surface area contributed by atoms with E-state index in [-0.39, 0.29) is 30.1 Å². The van der Waals surface area contributed by atoms with E-state index in [1.807, 2.05) is 0 Å². The maximum atomic E-state index is 12.1. The zero-order chi connectivity index (χ0) is 14.8. The van der Waals surface area contributed by atoms with E-state index in [0.717, 1.165) is 25.0 Å². The van der Waals surface area contributed by atoms with Gasteiger partial charge in [0.05, 0.1) is 0 Å². The average molecular weight is 325 g/mol. The Kier molecular flexibility index (Phi) is 5.86. The summed E-state index contributed by atoms with van der Waals surface area (Å²) in [6.07, 6.45) is -3.02. The molecule has 1 amide bonds. The maximum Gasteiger partial charge on any atom is 0.573 e. The van der Waals surface area contributed by atoms with Crippen LogP contribution in [0.1, 0.15) is 23.2 Å². The van der Waals surface area contributed by atoms with Crippen molar-refractivity contribution in [1.82, 2.24) is 4.90 Å². The van der Waals surface area contributed by atoms with Crippen LogP contribution < -0.4 is 10.5 Å². The summed E-state index contributed by atoms with van der Waals surface area (Å²) in [6, 6.07) is 4.86.